The molecule has 0 amide bonds. The second kappa shape index (κ2) is 5.84. The van der Waals surface area contributed by atoms with E-state index < -0.39 is 22.5 Å². The summed E-state index contributed by atoms with van der Waals surface area (Å²) in [6.07, 6.45) is -0.605. The first-order chi connectivity index (χ1) is 6.76. The van der Waals surface area contributed by atoms with Gasteiger partial charge in [-0.2, -0.15) is 8.42 Å². The third-order valence-electron chi connectivity index (χ3n) is 1.46. The largest absolute Gasteiger partial charge is 0.460 e. The van der Waals surface area contributed by atoms with Crippen molar-refractivity contribution in [2.24, 2.45) is 0 Å². The quantitative estimate of drug-likeness (QED) is 0.416. The lowest BCUT2D eigenvalue weighted by molar-refractivity contribution is -0.141. The van der Waals surface area contributed by atoms with E-state index in [1.165, 1.54) is 6.92 Å². The highest BCUT2D eigenvalue weighted by Crippen LogP contribution is 2.04. The van der Waals surface area contributed by atoms with Gasteiger partial charge in [-0.05, 0) is 13.3 Å². The Morgan fingerprint density at radius 1 is 1.53 bits per heavy atom. The Bertz CT molecular complexity index is 331. The summed E-state index contributed by atoms with van der Waals surface area (Å²) in [5.74, 6) is -0.632. The first kappa shape index (κ1) is 14.1. The number of hydrogen-bond acceptors (Lipinski definition) is 5. The van der Waals surface area contributed by atoms with Gasteiger partial charge in [0.25, 0.3) is 0 Å². The molecule has 88 valence electrons. The van der Waals surface area contributed by atoms with Gasteiger partial charge in [-0.15, -0.1) is 0 Å². The lowest BCUT2D eigenvalue weighted by Crippen LogP contribution is -2.24. The Hall–Kier alpha value is -0.920. The summed E-state index contributed by atoms with van der Waals surface area (Å²) in [7, 11) is -4.52. The van der Waals surface area contributed by atoms with E-state index in [2.05, 4.69) is 15.5 Å². The minimum atomic E-state index is -4.52. The maximum absolute atomic E-state index is 10.9. The summed E-state index contributed by atoms with van der Waals surface area (Å²) in [4.78, 5) is 10.9. The van der Waals surface area contributed by atoms with Crippen LogP contribution < -0.4 is 0 Å². The van der Waals surface area contributed by atoms with Crippen molar-refractivity contribution < 1.29 is 26.7 Å². The van der Waals surface area contributed by atoms with E-state index in [9.17, 15) is 13.2 Å². The van der Waals surface area contributed by atoms with Crippen molar-refractivity contribution in [3.05, 3.63) is 12.2 Å². The Kier molecular flexibility index (Phi) is 5.48. The van der Waals surface area contributed by atoms with Gasteiger partial charge in [-0.1, -0.05) is 13.5 Å². The first-order valence-electron chi connectivity index (χ1n) is 4.24. The van der Waals surface area contributed by atoms with Gasteiger partial charge >= 0.3 is 16.4 Å². The first-order valence-corrected chi connectivity index (χ1v) is 5.61. The molecule has 0 heterocycles. The molecule has 0 saturated heterocycles. The summed E-state index contributed by atoms with van der Waals surface area (Å²) in [6, 6.07) is 0. The minimum absolute atomic E-state index is 0.205. The van der Waals surface area contributed by atoms with E-state index in [1.54, 1.807) is 6.92 Å². The second-order valence-electron chi connectivity index (χ2n) is 2.93. The standard InChI is InChI=1S/C8H14O6S/c1-4-7(14-15(10,11)12)5-13-8(9)6(2)3/h7H,2,4-5H2,1,3H3,(H,10,11,12). The van der Waals surface area contributed by atoms with E-state index in [0.29, 0.717) is 0 Å². The molecule has 0 spiro atoms. The van der Waals surface area contributed by atoms with Gasteiger partial charge < -0.3 is 4.74 Å². The van der Waals surface area contributed by atoms with Crippen LogP contribution >= 0.6 is 0 Å². The number of ether oxygens (including phenoxy) is 1. The van der Waals surface area contributed by atoms with Crippen LogP contribution in [0.2, 0.25) is 0 Å². The molecule has 1 unspecified atom stereocenters. The van der Waals surface area contributed by atoms with Crippen molar-refractivity contribution in [1.29, 1.82) is 0 Å². The molecule has 1 atom stereocenters. The van der Waals surface area contributed by atoms with Crippen molar-refractivity contribution in [3.8, 4) is 0 Å². The third-order valence-corrected chi connectivity index (χ3v) is 1.98. The zero-order valence-corrected chi connectivity index (χ0v) is 9.41. The van der Waals surface area contributed by atoms with Crippen LogP contribution in [0.1, 0.15) is 20.3 Å². The summed E-state index contributed by atoms with van der Waals surface area (Å²) in [6.45, 7) is 6.20. The van der Waals surface area contributed by atoms with Crippen LogP contribution in [-0.2, 0) is 24.1 Å². The highest BCUT2D eigenvalue weighted by molar-refractivity contribution is 7.80. The molecule has 6 nitrogen and oxygen atoms in total. The SMILES string of the molecule is C=C(C)C(=O)OCC(CC)OS(=O)(=O)O. The second-order valence-corrected chi connectivity index (χ2v) is 3.98. The number of carbonyl (C=O) groups is 1. The van der Waals surface area contributed by atoms with Crippen LogP contribution in [0, 0.1) is 0 Å². The third kappa shape index (κ3) is 7.06. The molecule has 7 heteroatoms. The molecule has 0 rings (SSSR count). The topological polar surface area (TPSA) is 89.9 Å². The Labute approximate surface area is 88.8 Å². The predicted octanol–water partition coefficient (Wildman–Crippen LogP) is 0.704. The van der Waals surface area contributed by atoms with Crippen LogP contribution in [0.3, 0.4) is 0 Å². The van der Waals surface area contributed by atoms with E-state index in [0.717, 1.165) is 0 Å². The van der Waals surface area contributed by atoms with E-state index in [4.69, 9.17) is 4.55 Å². The molecule has 1 N–H and O–H groups in total. The molecular formula is C8H14O6S. The maximum atomic E-state index is 10.9. The van der Waals surface area contributed by atoms with Gasteiger partial charge in [0.1, 0.15) is 12.7 Å². The molecule has 0 aromatic rings. The van der Waals surface area contributed by atoms with Crippen LogP contribution in [0.15, 0.2) is 12.2 Å². The van der Waals surface area contributed by atoms with Crippen LogP contribution in [0.5, 0.6) is 0 Å². The minimum Gasteiger partial charge on any atom is -0.460 e. The number of carbonyl (C=O) groups excluding carboxylic acids is 1. The molecule has 0 aliphatic carbocycles. The Morgan fingerprint density at radius 3 is 2.40 bits per heavy atom. The van der Waals surface area contributed by atoms with Crippen LogP contribution in [-0.4, -0.2) is 31.7 Å². The monoisotopic (exact) mass is 238 g/mol. The lowest BCUT2D eigenvalue weighted by Gasteiger charge is -2.13. The summed E-state index contributed by atoms with van der Waals surface area (Å²) in [5.41, 5.74) is 0.205. The van der Waals surface area contributed by atoms with Gasteiger partial charge in [-0.3, -0.25) is 4.55 Å². The Morgan fingerprint density at radius 2 is 2.07 bits per heavy atom. The smallest absolute Gasteiger partial charge is 0.397 e. The average Bonchev–Trinajstić information content (AvgIpc) is 2.09. The zero-order valence-electron chi connectivity index (χ0n) is 8.60. The molecule has 0 aromatic heterocycles. The summed E-state index contributed by atoms with van der Waals surface area (Å²) >= 11 is 0. The fraction of sp³-hybridized carbons (Fsp3) is 0.625. The summed E-state index contributed by atoms with van der Waals surface area (Å²) in [5, 5.41) is 0. The molecule has 0 aromatic carbocycles. The van der Waals surface area contributed by atoms with Crippen molar-refractivity contribution in [2.45, 2.75) is 26.4 Å². The van der Waals surface area contributed by atoms with Crippen LogP contribution in [0.4, 0.5) is 0 Å². The molecular weight excluding hydrogens is 224 g/mol. The van der Waals surface area contributed by atoms with Crippen LogP contribution in [0.25, 0.3) is 0 Å². The zero-order chi connectivity index (χ0) is 12.1. The summed E-state index contributed by atoms with van der Waals surface area (Å²) < 4.78 is 38.0. The fourth-order valence-corrected chi connectivity index (χ4v) is 1.21. The molecule has 0 radical (unpaired) electrons. The van der Waals surface area contributed by atoms with Gasteiger partial charge in [0.05, 0.1) is 0 Å². The maximum Gasteiger partial charge on any atom is 0.397 e. The predicted molar refractivity (Wildman–Crippen MR) is 52.5 cm³/mol. The van der Waals surface area contributed by atoms with Crippen molar-refractivity contribution in [3.63, 3.8) is 0 Å². The number of rotatable bonds is 6. The van der Waals surface area contributed by atoms with Crippen molar-refractivity contribution in [1.82, 2.24) is 0 Å². The van der Waals surface area contributed by atoms with Crippen molar-refractivity contribution in [2.75, 3.05) is 6.61 Å². The fourth-order valence-electron chi connectivity index (χ4n) is 0.677. The normalized spacial score (nSPS) is 13.3. The van der Waals surface area contributed by atoms with E-state index in [-0.39, 0.29) is 18.6 Å². The molecule has 0 saturated carbocycles. The van der Waals surface area contributed by atoms with Gasteiger partial charge in [0, 0.05) is 5.57 Å². The van der Waals surface area contributed by atoms with Gasteiger partial charge in [0.2, 0.25) is 0 Å². The highest BCUT2D eigenvalue weighted by Gasteiger charge is 2.17. The van der Waals surface area contributed by atoms with Gasteiger partial charge in [-0.25, -0.2) is 8.98 Å². The molecule has 0 aliphatic rings. The molecule has 0 fully saturated rings. The van der Waals surface area contributed by atoms with Crippen molar-refractivity contribution >= 4 is 16.4 Å². The molecule has 15 heavy (non-hydrogen) atoms. The Balaban J connectivity index is 4.13. The van der Waals surface area contributed by atoms with E-state index >= 15 is 0 Å². The van der Waals surface area contributed by atoms with E-state index in [1.807, 2.05) is 0 Å². The molecule has 0 aliphatic heterocycles. The van der Waals surface area contributed by atoms with Gasteiger partial charge in [0.15, 0.2) is 0 Å². The average molecular weight is 238 g/mol. The number of esters is 1. The lowest BCUT2D eigenvalue weighted by atomic mass is 10.3. The number of hydrogen-bond donors (Lipinski definition) is 1. The highest BCUT2D eigenvalue weighted by atomic mass is 32.3. The molecule has 0 bridgehead atoms.